The molecule has 0 unspecified atom stereocenters. The monoisotopic (exact) mass is 303 g/mol. The maximum atomic E-state index is 12.5. The summed E-state index contributed by atoms with van der Waals surface area (Å²) < 4.78 is 11.3. The number of hydrogen-bond acceptors (Lipinski definition) is 3. The van der Waals surface area contributed by atoms with Crippen LogP contribution in [0.4, 0.5) is 0 Å². The molecule has 1 fully saturated rings. The van der Waals surface area contributed by atoms with E-state index < -0.39 is 6.10 Å². The number of benzene rings is 1. The summed E-state index contributed by atoms with van der Waals surface area (Å²) in [4.78, 5) is 14.4. The molecule has 0 saturated carbocycles. The van der Waals surface area contributed by atoms with Crippen LogP contribution in [0.5, 0.6) is 0 Å². The summed E-state index contributed by atoms with van der Waals surface area (Å²) in [6, 6.07) is 8.70. The van der Waals surface area contributed by atoms with Gasteiger partial charge in [0, 0.05) is 19.7 Å². The van der Waals surface area contributed by atoms with Gasteiger partial charge in [0.25, 0.3) is 5.91 Å². The number of likely N-dealkylation sites (N-methyl/N-ethyl adjacent to an activating group) is 1. The smallest absolute Gasteiger partial charge is 0.251 e. The Kier molecular flexibility index (Phi) is 4.79. The van der Waals surface area contributed by atoms with Gasteiger partial charge in [0.15, 0.2) is 0 Å². The summed E-state index contributed by atoms with van der Waals surface area (Å²) in [6.07, 6.45) is 3.77. The second kappa shape index (κ2) is 6.80. The number of amides is 1. The third-order valence-electron chi connectivity index (χ3n) is 4.83. The number of carbonyl (C=O) groups excluding carboxylic acids is 1. The van der Waals surface area contributed by atoms with Crippen LogP contribution in [0.2, 0.25) is 0 Å². The number of nitrogens with zero attached hydrogens (tertiary/aromatic N) is 1. The Morgan fingerprint density at radius 1 is 1.36 bits per heavy atom. The first kappa shape index (κ1) is 15.5. The van der Waals surface area contributed by atoms with Gasteiger partial charge < -0.3 is 14.4 Å². The second-order valence-corrected chi connectivity index (χ2v) is 6.39. The minimum absolute atomic E-state index is 0.0656. The van der Waals surface area contributed by atoms with Crippen molar-refractivity contribution in [2.75, 3.05) is 20.3 Å². The molecule has 1 aliphatic heterocycles. The zero-order valence-electron chi connectivity index (χ0n) is 13.5. The molecule has 0 aromatic heterocycles. The number of ether oxygens (including phenoxy) is 2. The normalized spacial score (nSPS) is 22.5. The first-order valence-corrected chi connectivity index (χ1v) is 8.22. The Morgan fingerprint density at radius 3 is 2.64 bits per heavy atom. The van der Waals surface area contributed by atoms with E-state index in [1.165, 1.54) is 11.1 Å². The summed E-state index contributed by atoms with van der Waals surface area (Å²) in [5, 5.41) is 0. The van der Waals surface area contributed by atoms with E-state index in [1.54, 1.807) is 0 Å². The van der Waals surface area contributed by atoms with E-state index in [1.807, 2.05) is 18.9 Å². The van der Waals surface area contributed by atoms with Crippen LogP contribution in [0.25, 0.3) is 0 Å². The molecular formula is C18H25NO3. The lowest BCUT2D eigenvalue weighted by atomic mass is 10.1. The van der Waals surface area contributed by atoms with Gasteiger partial charge in [-0.05, 0) is 43.7 Å². The van der Waals surface area contributed by atoms with Gasteiger partial charge in [-0.15, -0.1) is 0 Å². The van der Waals surface area contributed by atoms with Crippen LogP contribution >= 0.6 is 0 Å². The zero-order chi connectivity index (χ0) is 15.5. The van der Waals surface area contributed by atoms with Crippen LogP contribution in [0.3, 0.4) is 0 Å². The minimum atomic E-state index is -0.405. The summed E-state index contributed by atoms with van der Waals surface area (Å²) in [6.45, 7) is 3.18. The summed E-state index contributed by atoms with van der Waals surface area (Å²) in [7, 11) is 1.89. The highest BCUT2D eigenvalue weighted by atomic mass is 16.5. The largest absolute Gasteiger partial charge is 0.376 e. The topological polar surface area (TPSA) is 38.8 Å². The van der Waals surface area contributed by atoms with Gasteiger partial charge in [0.05, 0.1) is 12.7 Å². The fraction of sp³-hybridized carbons (Fsp3) is 0.611. The quantitative estimate of drug-likeness (QED) is 0.837. The highest BCUT2D eigenvalue weighted by Gasteiger charge is 2.30. The first-order chi connectivity index (χ1) is 10.6. The van der Waals surface area contributed by atoms with E-state index in [0.717, 1.165) is 32.3 Å². The van der Waals surface area contributed by atoms with E-state index in [4.69, 9.17) is 9.47 Å². The van der Waals surface area contributed by atoms with Crippen molar-refractivity contribution in [3.8, 4) is 0 Å². The van der Waals surface area contributed by atoms with E-state index in [-0.39, 0.29) is 18.1 Å². The van der Waals surface area contributed by atoms with Crippen molar-refractivity contribution in [3.05, 3.63) is 35.4 Å². The number of hydrogen-bond donors (Lipinski definition) is 0. The molecule has 1 aromatic carbocycles. The fourth-order valence-electron chi connectivity index (χ4n) is 3.37. The molecule has 0 bridgehead atoms. The molecule has 0 spiro atoms. The van der Waals surface area contributed by atoms with Crippen LogP contribution in [0, 0.1) is 0 Å². The molecule has 120 valence electrons. The van der Waals surface area contributed by atoms with Gasteiger partial charge in [-0.1, -0.05) is 24.3 Å². The molecule has 0 radical (unpaired) electrons. The van der Waals surface area contributed by atoms with Crippen molar-refractivity contribution in [2.45, 2.75) is 50.9 Å². The molecule has 2 atom stereocenters. The van der Waals surface area contributed by atoms with Crippen LogP contribution in [0.1, 0.15) is 30.9 Å². The molecule has 0 N–H and O–H groups in total. The van der Waals surface area contributed by atoms with Gasteiger partial charge in [0.1, 0.15) is 6.10 Å². The van der Waals surface area contributed by atoms with E-state index in [9.17, 15) is 4.79 Å². The average molecular weight is 303 g/mol. The Balaban J connectivity index is 1.51. The van der Waals surface area contributed by atoms with Crippen molar-refractivity contribution in [3.63, 3.8) is 0 Å². The lowest BCUT2D eigenvalue weighted by Crippen LogP contribution is -2.44. The molecule has 1 amide bonds. The molecule has 4 heteroatoms. The van der Waals surface area contributed by atoms with Gasteiger partial charge >= 0.3 is 0 Å². The molecule has 1 heterocycles. The minimum Gasteiger partial charge on any atom is -0.376 e. The van der Waals surface area contributed by atoms with Gasteiger partial charge in [0.2, 0.25) is 0 Å². The average Bonchev–Trinajstić information content (AvgIpc) is 3.19. The van der Waals surface area contributed by atoms with Crippen molar-refractivity contribution in [1.82, 2.24) is 4.90 Å². The Morgan fingerprint density at radius 2 is 2.05 bits per heavy atom. The predicted octanol–water partition coefficient (Wildman–Crippen LogP) is 2.20. The van der Waals surface area contributed by atoms with Crippen LogP contribution in [-0.2, 0) is 27.1 Å². The predicted molar refractivity (Wildman–Crippen MR) is 84.8 cm³/mol. The van der Waals surface area contributed by atoms with Crippen LogP contribution in [0.15, 0.2) is 24.3 Å². The van der Waals surface area contributed by atoms with Gasteiger partial charge in [-0.25, -0.2) is 0 Å². The highest BCUT2D eigenvalue weighted by Crippen LogP contribution is 2.25. The Hall–Kier alpha value is -1.39. The maximum absolute atomic E-state index is 12.5. The third kappa shape index (κ3) is 3.33. The van der Waals surface area contributed by atoms with Crippen LogP contribution in [-0.4, -0.2) is 49.3 Å². The molecule has 2 aliphatic rings. The first-order valence-electron chi connectivity index (χ1n) is 8.22. The fourth-order valence-corrected chi connectivity index (χ4v) is 3.37. The molecule has 22 heavy (non-hydrogen) atoms. The SMILES string of the molecule is C[C@H](OC[C@@H]1CCCO1)C(=O)N(C)C1Cc2ccccc2C1. The highest BCUT2D eigenvalue weighted by molar-refractivity contribution is 5.80. The molecule has 1 aromatic rings. The van der Waals surface area contributed by atoms with Gasteiger partial charge in [-0.3, -0.25) is 4.79 Å². The molecule has 1 saturated heterocycles. The van der Waals surface area contributed by atoms with Crippen molar-refractivity contribution in [1.29, 1.82) is 0 Å². The Bertz CT molecular complexity index is 500. The van der Waals surface area contributed by atoms with Gasteiger partial charge in [-0.2, -0.15) is 0 Å². The molecular weight excluding hydrogens is 278 g/mol. The lowest BCUT2D eigenvalue weighted by molar-refractivity contribution is -0.145. The Labute approximate surface area is 132 Å². The van der Waals surface area contributed by atoms with E-state index in [2.05, 4.69) is 24.3 Å². The number of rotatable bonds is 5. The standard InChI is InChI=1S/C18H25NO3/c1-13(22-12-17-8-5-9-21-17)18(20)19(2)16-10-14-6-3-4-7-15(14)11-16/h3-4,6-7,13,16-17H,5,8-12H2,1-2H3/t13-,17-/m0/s1. The number of fused-ring (bicyclic) bond motifs is 1. The van der Waals surface area contributed by atoms with E-state index >= 15 is 0 Å². The van der Waals surface area contributed by atoms with Crippen molar-refractivity contribution in [2.24, 2.45) is 0 Å². The summed E-state index contributed by atoms with van der Waals surface area (Å²) in [5.74, 6) is 0.0656. The third-order valence-corrected chi connectivity index (χ3v) is 4.83. The lowest BCUT2D eigenvalue weighted by Gasteiger charge is -2.27. The second-order valence-electron chi connectivity index (χ2n) is 6.39. The van der Waals surface area contributed by atoms with Crippen molar-refractivity contribution < 1.29 is 14.3 Å². The molecule has 3 rings (SSSR count). The van der Waals surface area contributed by atoms with E-state index in [0.29, 0.717) is 6.61 Å². The molecule has 4 nitrogen and oxygen atoms in total. The molecule has 1 aliphatic carbocycles. The summed E-state index contributed by atoms with van der Waals surface area (Å²) in [5.41, 5.74) is 2.72. The van der Waals surface area contributed by atoms with Crippen molar-refractivity contribution >= 4 is 5.91 Å². The zero-order valence-corrected chi connectivity index (χ0v) is 13.5. The maximum Gasteiger partial charge on any atom is 0.251 e. The summed E-state index contributed by atoms with van der Waals surface area (Å²) >= 11 is 0. The number of carbonyl (C=O) groups is 1. The van der Waals surface area contributed by atoms with Crippen LogP contribution < -0.4 is 0 Å².